The SMILES string of the molecule is COC(=O)C1(Oc2c(-c3ccc4c(c3)COC4=O)ccc(OC)c2OC)CC1. The molecular weight excluding hydrogens is 364 g/mol. The van der Waals surface area contributed by atoms with Crippen molar-refractivity contribution in [3.63, 3.8) is 0 Å². The zero-order chi connectivity index (χ0) is 19.9. The van der Waals surface area contributed by atoms with Crippen molar-refractivity contribution in [1.82, 2.24) is 0 Å². The number of benzene rings is 2. The van der Waals surface area contributed by atoms with Gasteiger partial charge >= 0.3 is 11.9 Å². The minimum atomic E-state index is -1.01. The Bertz CT molecular complexity index is 959. The zero-order valence-electron chi connectivity index (χ0n) is 15.9. The Labute approximate surface area is 162 Å². The summed E-state index contributed by atoms with van der Waals surface area (Å²) in [4.78, 5) is 24.0. The molecule has 0 N–H and O–H groups in total. The number of carbonyl (C=O) groups excluding carboxylic acids is 2. The molecule has 0 aromatic heterocycles. The largest absolute Gasteiger partial charge is 0.493 e. The normalized spacial score (nSPS) is 16.0. The van der Waals surface area contributed by atoms with Crippen LogP contribution in [0.15, 0.2) is 30.3 Å². The molecule has 2 aromatic rings. The van der Waals surface area contributed by atoms with Gasteiger partial charge < -0.3 is 23.7 Å². The average molecular weight is 384 g/mol. The van der Waals surface area contributed by atoms with E-state index in [1.807, 2.05) is 18.2 Å². The summed E-state index contributed by atoms with van der Waals surface area (Å²) in [6, 6.07) is 9.04. The standard InChI is InChI=1S/C21H20O7/c1-24-16-7-6-14(12-4-5-15-13(10-12)11-27-19(15)22)17(18(16)25-2)28-21(8-9-21)20(23)26-3/h4-7,10H,8-9,11H2,1-3H3. The Morgan fingerprint density at radius 3 is 2.39 bits per heavy atom. The number of carbonyl (C=O) groups is 2. The van der Waals surface area contributed by atoms with Crippen LogP contribution in [0.1, 0.15) is 28.8 Å². The Morgan fingerprint density at radius 1 is 1.00 bits per heavy atom. The van der Waals surface area contributed by atoms with Gasteiger partial charge in [0.15, 0.2) is 11.5 Å². The van der Waals surface area contributed by atoms with Gasteiger partial charge in [-0.1, -0.05) is 6.07 Å². The summed E-state index contributed by atoms with van der Waals surface area (Å²) in [6.45, 7) is 0.234. The summed E-state index contributed by atoms with van der Waals surface area (Å²) in [5, 5.41) is 0. The van der Waals surface area contributed by atoms with E-state index in [0.29, 0.717) is 35.7 Å². The minimum Gasteiger partial charge on any atom is -0.493 e. The second-order valence-corrected chi connectivity index (χ2v) is 6.71. The molecule has 0 atom stereocenters. The Kier molecular flexibility index (Phi) is 4.37. The monoisotopic (exact) mass is 384 g/mol. The van der Waals surface area contributed by atoms with Gasteiger partial charge in [-0.05, 0) is 29.8 Å². The molecule has 7 heteroatoms. The topological polar surface area (TPSA) is 80.3 Å². The third-order valence-corrected chi connectivity index (χ3v) is 5.05. The highest BCUT2D eigenvalue weighted by Crippen LogP contribution is 2.50. The fourth-order valence-electron chi connectivity index (χ4n) is 3.37. The molecule has 0 unspecified atom stereocenters. The van der Waals surface area contributed by atoms with Crippen LogP contribution in [0, 0.1) is 0 Å². The molecular formula is C21H20O7. The molecule has 0 spiro atoms. The number of hydrogen-bond acceptors (Lipinski definition) is 7. The predicted octanol–water partition coefficient (Wildman–Crippen LogP) is 3.13. The van der Waals surface area contributed by atoms with Crippen molar-refractivity contribution in [2.75, 3.05) is 21.3 Å². The van der Waals surface area contributed by atoms with Gasteiger partial charge in [0.25, 0.3) is 0 Å². The molecule has 0 radical (unpaired) electrons. The van der Waals surface area contributed by atoms with Crippen LogP contribution in [0.5, 0.6) is 17.2 Å². The summed E-state index contributed by atoms with van der Waals surface area (Å²) < 4.78 is 27.1. The molecule has 1 saturated carbocycles. The van der Waals surface area contributed by atoms with Crippen LogP contribution < -0.4 is 14.2 Å². The van der Waals surface area contributed by atoms with Gasteiger partial charge in [0.05, 0.1) is 26.9 Å². The van der Waals surface area contributed by atoms with Crippen LogP contribution in [0.2, 0.25) is 0 Å². The number of methoxy groups -OCH3 is 3. The van der Waals surface area contributed by atoms with E-state index in [0.717, 1.165) is 16.7 Å². The van der Waals surface area contributed by atoms with Crippen molar-refractivity contribution < 1.29 is 33.3 Å². The molecule has 0 bridgehead atoms. The Morgan fingerprint density at radius 2 is 1.75 bits per heavy atom. The summed E-state index contributed by atoms with van der Waals surface area (Å²) in [7, 11) is 4.39. The lowest BCUT2D eigenvalue weighted by Gasteiger charge is -2.22. The van der Waals surface area contributed by atoms with E-state index >= 15 is 0 Å². The second-order valence-electron chi connectivity index (χ2n) is 6.71. The molecule has 146 valence electrons. The van der Waals surface area contributed by atoms with Crippen LogP contribution >= 0.6 is 0 Å². The van der Waals surface area contributed by atoms with Crippen LogP contribution in [0.4, 0.5) is 0 Å². The van der Waals surface area contributed by atoms with Crippen LogP contribution in [0.25, 0.3) is 11.1 Å². The molecule has 4 rings (SSSR count). The molecule has 1 fully saturated rings. The maximum absolute atomic E-state index is 12.2. The van der Waals surface area contributed by atoms with Gasteiger partial charge in [0.1, 0.15) is 6.61 Å². The van der Waals surface area contributed by atoms with Gasteiger partial charge in [-0.15, -0.1) is 0 Å². The highest BCUT2D eigenvalue weighted by molar-refractivity contribution is 5.94. The third kappa shape index (κ3) is 2.83. The molecule has 1 aliphatic carbocycles. The van der Waals surface area contributed by atoms with Crippen LogP contribution in [-0.2, 0) is 20.9 Å². The third-order valence-electron chi connectivity index (χ3n) is 5.05. The van der Waals surface area contributed by atoms with Gasteiger partial charge in [0.2, 0.25) is 11.4 Å². The molecule has 7 nitrogen and oxygen atoms in total. The molecule has 1 aliphatic heterocycles. The maximum Gasteiger partial charge on any atom is 0.350 e. The fraction of sp³-hybridized carbons (Fsp3) is 0.333. The number of ether oxygens (including phenoxy) is 5. The Hall–Kier alpha value is -3.22. The number of cyclic esters (lactones) is 1. The molecule has 0 amide bonds. The van der Waals surface area contributed by atoms with Crippen LogP contribution in [0.3, 0.4) is 0 Å². The van der Waals surface area contributed by atoms with Crippen molar-refractivity contribution in [1.29, 1.82) is 0 Å². The quantitative estimate of drug-likeness (QED) is 0.708. The second kappa shape index (κ2) is 6.74. The first-order chi connectivity index (χ1) is 13.5. The fourth-order valence-corrected chi connectivity index (χ4v) is 3.37. The van der Waals surface area contributed by atoms with E-state index in [4.69, 9.17) is 23.7 Å². The van der Waals surface area contributed by atoms with Crippen molar-refractivity contribution in [2.24, 2.45) is 0 Å². The predicted molar refractivity (Wildman–Crippen MR) is 98.7 cm³/mol. The number of rotatable bonds is 6. The summed E-state index contributed by atoms with van der Waals surface area (Å²) in [6.07, 6.45) is 1.12. The first kappa shape index (κ1) is 18.2. The lowest BCUT2D eigenvalue weighted by atomic mass is 9.99. The number of hydrogen-bond donors (Lipinski definition) is 0. The van der Waals surface area contributed by atoms with Crippen LogP contribution in [-0.4, -0.2) is 38.9 Å². The first-order valence-corrected chi connectivity index (χ1v) is 8.86. The summed E-state index contributed by atoms with van der Waals surface area (Å²) in [5.41, 5.74) is 1.87. The molecule has 1 heterocycles. The highest BCUT2D eigenvalue weighted by atomic mass is 16.6. The number of esters is 2. The molecule has 28 heavy (non-hydrogen) atoms. The molecule has 0 saturated heterocycles. The number of fused-ring (bicyclic) bond motifs is 1. The van der Waals surface area contributed by atoms with Crippen molar-refractivity contribution >= 4 is 11.9 Å². The van der Waals surface area contributed by atoms with Gasteiger partial charge in [0, 0.05) is 24.0 Å². The lowest BCUT2D eigenvalue weighted by Crippen LogP contribution is -2.31. The highest BCUT2D eigenvalue weighted by Gasteiger charge is 2.55. The first-order valence-electron chi connectivity index (χ1n) is 8.86. The molecule has 2 aromatic carbocycles. The van der Waals surface area contributed by atoms with E-state index in [1.54, 1.807) is 12.1 Å². The zero-order valence-corrected chi connectivity index (χ0v) is 15.9. The minimum absolute atomic E-state index is 0.234. The smallest absolute Gasteiger partial charge is 0.350 e. The van der Waals surface area contributed by atoms with Gasteiger partial charge in [-0.25, -0.2) is 9.59 Å². The van der Waals surface area contributed by atoms with E-state index in [9.17, 15) is 9.59 Å². The summed E-state index contributed by atoms with van der Waals surface area (Å²) in [5.74, 6) is 0.531. The maximum atomic E-state index is 12.2. The lowest BCUT2D eigenvalue weighted by molar-refractivity contribution is -0.151. The summed E-state index contributed by atoms with van der Waals surface area (Å²) >= 11 is 0. The van der Waals surface area contributed by atoms with Crippen molar-refractivity contribution in [3.05, 3.63) is 41.5 Å². The molecule has 2 aliphatic rings. The van der Waals surface area contributed by atoms with E-state index in [-0.39, 0.29) is 12.6 Å². The Balaban J connectivity index is 1.83. The van der Waals surface area contributed by atoms with Gasteiger partial charge in [-0.3, -0.25) is 0 Å². The average Bonchev–Trinajstić information content (AvgIpc) is 3.42. The van der Waals surface area contributed by atoms with Crippen molar-refractivity contribution in [2.45, 2.75) is 25.0 Å². The van der Waals surface area contributed by atoms with E-state index in [2.05, 4.69) is 0 Å². The van der Waals surface area contributed by atoms with Crippen molar-refractivity contribution in [3.8, 4) is 28.4 Å². The van der Waals surface area contributed by atoms with E-state index < -0.39 is 11.6 Å². The van der Waals surface area contributed by atoms with E-state index in [1.165, 1.54) is 21.3 Å². The van der Waals surface area contributed by atoms with Gasteiger partial charge in [-0.2, -0.15) is 0 Å².